The Kier molecular flexibility index (Phi) is 4.20. The monoisotopic (exact) mass is 403 g/mol. The Balaban J connectivity index is 1.36. The molecule has 1 saturated carbocycles. The number of ether oxygens (including phenoxy) is 1. The van der Waals surface area contributed by atoms with E-state index in [1.165, 1.54) is 24.2 Å². The summed E-state index contributed by atoms with van der Waals surface area (Å²) >= 11 is 4.89. The number of nitrogens with one attached hydrogen (secondary N) is 1. The molecule has 122 valence electrons. The summed E-state index contributed by atoms with van der Waals surface area (Å²) in [4.78, 5) is 12.0. The van der Waals surface area contributed by atoms with E-state index in [0.29, 0.717) is 16.8 Å². The summed E-state index contributed by atoms with van der Waals surface area (Å²) < 4.78 is 6.61. The Labute approximate surface area is 151 Å². The smallest absolute Gasteiger partial charge is 0.264 e. The lowest BCUT2D eigenvalue weighted by atomic mass is 10.1. The van der Waals surface area contributed by atoms with Crippen LogP contribution in [0.3, 0.4) is 0 Å². The van der Waals surface area contributed by atoms with Gasteiger partial charge in [-0.3, -0.25) is 10.1 Å². The van der Waals surface area contributed by atoms with Gasteiger partial charge in [-0.2, -0.15) is 0 Å². The molecular weight excluding hydrogens is 390 g/mol. The number of amides is 1. The highest BCUT2D eigenvalue weighted by atomic mass is 79.9. The zero-order valence-electron chi connectivity index (χ0n) is 12.7. The number of hydrogen-bond donors (Lipinski definition) is 1. The van der Waals surface area contributed by atoms with Crippen molar-refractivity contribution < 1.29 is 9.53 Å². The van der Waals surface area contributed by atoms with Crippen LogP contribution in [0.2, 0.25) is 0 Å². The number of halogens is 1. The van der Waals surface area contributed by atoms with E-state index in [2.05, 4.69) is 31.4 Å². The molecule has 1 amide bonds. The SMILES string of the molecule is O=C(COc1ccc2cc(Br)ccc2c1)Nc1nnc(C2CC2)s1. The van der Waals surface area contributed by atoms with E-state index in [9.17, 15) is 4.79 Å². The van der Waals surface area contributed by atoms with Crippen molar-refractivity contribution in [2.75, 3.05) is 11.9 Å². The molecule has 0 radical (unpaired) electrons. The first kappa shape index (κ1) is 15.5. The van der Waals surface area contributed by atoms with Gasteiger partial charge in [0.2, 0.25) is 5.13 Å². The fraction of sp³-hybridized carbons (Fsp3) is 0.235. The number of benzene rings is 2. The molecule has 1 N–H and O–H groups in total. The molecule has 1 aromatic heterocycles. The Bertz CT molecular complexity index is 908. The minimum atomic E-state index is -0.232. The van der Waals surface area contributed by atoms with Crippen molar-refractivity contribution >= 4 is 49.1 Å². The van der Waals surface area contributed by atoms with Crippen LogP contribution in [0.15, 0.2) is 40.9 Å². The summed E-state index contributed by atoms with van der Waals surface area (Å²) in [6.45, 7) is -0.0552. The molecule has 0 bridgehead atoms. The van der Waals surface area contributed by atoms with Gasteiger partial charge in [-0.25, -0.2) is 0 Å². The van der Waals surface area contributed by atoms with Gasteiger partial charge in [0.15, 0.2) is 6.61 Å². The van der Waals surface area contributed by atoms with Crippen LogP contribution >= 0.6 is 27.3 Å². The topological polar surface area (TPSA) is 64.1 Å². The van der Waals surface area contributed by atoms with Gasteiger partial charge >= 0.3 is 0 Å². The number of nitrogens with zero attached hydrogens (tertiary/aromatic N) is 2. The van der Waals surface area contributed by atoms with E-state index in [1.807, 2.05) is 36.4 Å². The fourth-order valence-corrected chi connectivity index (χ4v) is 3.68. The first-order valence-corrected chi connectivity index (χ1v) is 9.24. The second kappa shape index (κ2) is 6.49. The van der Waals surface area contributed by atoms with Crippen LogP contribution in [0.25, 0.3) is 10.8 Å². The summed E-state index contributed by atoms with van der Waals surface area (Å²) in [5, 5.41) is 14.6. The zero-order valence-corrected chi connectivity index (χ0v) is 15.1. The maximum absolute atomic E-state index is 12.0. The summed E-state index contributed by atoms with van der Waals surface area (Å²) in [7, 11) is 0. The van der Waals surface area contributed by atoms with Gasteiger partial charge in [-0.05, 0) is 47.9 Å². The van der Waals surface area contributed by atoms with E-state index >= 15 is 0 Å². The van der Waals surface area contributed by atoms with Crippen molar-refractivity contribution in [2.45, 2.75) is 18.8 Å². The molecule has 0 saturated heterocycles. The normalized spacial score (nSPS) is 13.9. The van der Waals surface area contributed by atoms with E-state index < -0.39 is 0 Å². The van der Waals surface area contributed by atoms with Crippen molar-refractivity contribution in [1.29, 1.82) is 0 Å². The molecule has 3 aromatic rings. The fourth-order valence-electron chi connectivity index (χ4n) is 2.37. The highest BCUT2D eigenvalue weighted by molar-refractivity contribution is 9.10. The van der Waals surface area contributed by atoms with Gasteiger partial charge in [0, 0.05) is 10.4 Å². The largest absolute Gasteiger partial charge is 0.484 e. The second-order valence-electron chi connectivity index (χ2n) is 5.71. The minimum absolute atomic E-state index is 0.0552. The molecule has 1 fully saturated rings. The van der Waals surface area contributed by atoms with E-state index in [4.69, 9.17) is 4.74 Å². The number of fused-ring (bicyclic) bond motifs is 1. The number of carbonyl (C=O) groups is 1. The predicted molar refractivity (Wildman–Crippen MR) is 97.7 cm³/mol. The first-order valence-electron chi connectivity index (χ1n) is 7.63. The highest BCUT2D eigenvalue weighted by Gasteiger charge is 2.27. The van der Waals surface area contributed by atoms with Crippen molar-refractivity contribution in [3.05, 3.63) is 45.9 Å². The predicted octanol–water partition coefficient (Wildman–Crippen LogP) is 4.35. The highest BCUT2D eigenvalue weighted by Crippen LogP contribution is 2.42. The maximum atomic E-state index is 12.0. The Hall–Kier alpha value is -1.99. The molecule has 0 spiro atoms. The molecule has 0 atom stereocenters. The molecule has 7 heteroatoms. The van der Waals surface area contributed by atoms with Gasteiger partial charge in [-0.15, -0.1) is 10.2 Å². The lowest BCUT2D eigenvalue weighted by molar-refractivity contribution is -0.118. The van der Waals surface area contributed by atoms with Crippen LogP contribution in [-0.4, -0.2) is 22.7 Å². The van der Waals surface area contributed by atoms with Gasteiger partial charge in [-0.1, -0.05) is 39.4 Å². The molecule has 0 unspecified atom stereocenters. The summed E-state index contributed by atoms with van der Waals surface area (Å²) in [5.74, 6) is 0.974. The number of aromatic nitrogens is 2. The zero-order chi connectivity index (χ0) is 16.5. The quantitative estimate of drug-likeness (QED) is 0.687. The molecule has 1 aliphatic carbocycles. The Morgan fingerprint density at radius 3 is 2.83 bits per heavy atom. The summed E-state index contributed by atoms with van der Waals surface area (Å²) in [6, 6.07) is 11.8. The van der Waals surface area contributed by atoms with Crippen molar-refractivity contribution in [2.24, 2.45) is 0 Å². The lowest BCUT2D eigenvalue weighted by Crippen LogP contribution is -2.20. The molecule has 24 heavy (non-hydrogen) atoms. The van der Waals surface area contributed by atoms with Gasteiger partial charge in [0.25, 0.3) is 5.91 Å². The molecule has 1 heterocycles. The molecule has 1 aliphatic rings. The van der Waals surface area contributed by atoms with Crippen LogP contribution in [0.4, 0.5) is 5.13 Å². The summed E-state index contributed by atoms with van der Waals surface area (Å²) in [5.41, 5.74) is 0. The van der Waals surface area contributed by atoms with E-state index in [0.717, 1.165) is 20.3 Å². The first-order chi connectivity index (χ1) is 11.7. The van der Waals surface area contributed by atoms with Crippen molar-refractivity contribution in [3.63, 3.8) is 0 Å². The number of anilines is 1. The number of carbonyl (C=O) groups excluding carboxylic acids is 1. The molecular formula is C17H14BrN3O2S. The lowest BCUT2D eigenvalue weighted by Gasteiger charge is -2.07. The molecule has 4 rings (SSSR count). The number of rotatable bonds is 5. The maximum Gasteiger partial charge on any atom is 0.264 e. The van der Waals surface area contributed by atoms with Crippen LogP contribution in [-0.2, 0) is 4.79 Å². The van der Waals surface area contributed by atoms with Crippen molar-refractivity contribution in [3.8, 4) is 5.75 Å². The standard InChI is InChI=1S/C17H14BrN3O2S/c18-13-5-3-12-8-14(6-4-11(12)7-13)23-9-15(22)19-17-21-20-16(24-17)10-1-2-10/h3-8,10H,1-2,9H2,(H,19,21,22). The van der Waals surface area contributed by atoms with Crippen LogP contribution in [0.1, 0.15) is 23.8 Å². The van der Waals surface area contributed by atoms with Gasteiger partial charge < -0.3 is 4.74 Å². The molecule has 5 nitrogen and oxygen atoms in total. The Morgan fingerprint density at radius 1 is 1.21 bits per heavy atom. The molecule has 2 aromatic carbocycles. The van der Waals surface area contributed by atoms with Crippen LogP contribution in [0.5, 0.6) is 5.75 Å². The average molecular weight is 404 g/mol. The summed E-state index contributed by atoms with van der Waals surface area (Å²) in [6.07, 6.45) is 2.34. The Morgan fingerprint density at radius 2 is 2.00 bits per heavy atom. The minimum Gasteiger partial charge on any atom is -0.484 e. The van der Waals surface area contributed by atoms with Crippen LogP contribution < -0.4 is 10.1 Å². The van der Waals surface area contributed by atoms with Gasteiger partial charge in [0.1, 0.15) is 10.8 Å². The third kappa shape index (κ3) is 3.57. The molecule has 0 aliphatic heterocycles. The third-order valence-electron chi connectivity index (χ3n) is 3.76. The van der Waals surface area contributed by atoms with E-state index in [-0.39, 0.29) is 12.5 Å². The second-order valence-corrected chi connectivity index (χ2v) is 7.63. The average Bonchev–Trinajstić information content (AvgIpc) is 3.33. The van der Waals surface area contributed by atoms with Crippen LogP contribution in [0, 0.1) is 0 Å². The number of hydrogen-bond acceptors (Lipinski definition) is 5. The van der Waals surface area contributed by atoms with Gasteiger partial charge in [0.05, 0.1) is 0 Å². The van der Waals surface area contributed by atoms with E-state index in [1.54, 1.807) is 0 Å². The third-order valence-corrected chi connectivity index (χ3v) is 5.25. The van der Waals surface area contributed by atoms with Crippen molar-refractivity contribution in [1.82, 2.24) is 10.2 Å².